The van der Waals surface area contributed by atoms with Gasteiger partial charge in [0.05, 0.1) is 27.4 Å². The number of carbonyl (C=O) groups is 3. The standard InChI is InChI=1S/C27H17ClN2O5S/c28-16-12-14-17(15-13-16)36(34,35)30-22-10-4-3-8-20(22)27(33)29-23-11-5-9-21-24(23)26(32)19-7-2-1-6-18(19)25(21)31/h1-15,30H,(H,29,33). The second kappa shape index (κ2) is 9.07. The number of sulfonamides is 1. The quantitative estimate of drug-likeness (QED) is 0.335. The summed E-state index contributed by atoms with van der Waals surface area (Å²) in [7, 11) is -4.01. The summed E-state index contributed by atoms with van der Waals surface area (Å²) in [4.78, 5) is 39.4. The zero-order valence-corrected chi connectivity index (χ0v) is 20.1. The van der Waals surface area contributed by atoms with Crippen molar-refractivity contribution in [3.8, 4) is 0 Å². The first-order chi connectivity index (χ1) is 17.3. The maximum absolute atomic E-state index is 13.3. The molecule has 5 rings (SSSR count). The van der Waals surface area contributed by atoms with Gasteiger partial charge in [0.2, 0.25) is 0 Å². The van der Waals surface area contributed by atoms with Gasteiger partial charge in [0, 0.05) is 21.7 Å². The summed E-state index contributed by atoms with van der Waals surface area (Å²) in [6, 6.07) is 22.8. The molecule has 7 nitrogen and oxygen atoms in total. The van der Waals surface area contributed by atoms with Crippen LogP contribution in [-0.2, 0) is 10.0 Å². The minimum Gasteiger partial charge on any atom is -0.321 e. The van der Waals surface area contributed by atoms with Gasteiger partial charge in [-0.1, -0.05) is 60.1 Å². The number of rotatable bonds is 5. The molecular weight excluding hydrogens is 500 g/mol. The van der Waals surface area contributed by atoms with Gasteiger partial charge in [-0.05, 0) is 42.5 Å². The Morgan fingerprint density at radius 1 is 0.667 bits per heavy atom. The second-order valence-corrected chi connectivity index (χ2v) is 10.1. The summed E-state index contributed by atoms with van der Waals surface area (Å²) in [6.45, 7) is 0. The largest absolute Gasteiger partial charge is 0.321 e. The van der Waals surface area contributed by atoms with Crippen molar-refractivity contribution in [2.45, 2.75) is 4.90 Å². The smallest absolute Gasteiger partial charge is 0.261 e. The average molecular weight is 517 g/mol. The van der Waals surface area contributed by atoms with Crippen LogP contribution >= 0.6 is 11.6 Å². The Morgan fingerprint density at radius 3 is 1.97 bits per heavy atom. The van der Waals surface area contributed by atoms with Gasteiger partial charge in [-0.3, -0.25) is 19.1 Å². The van der Waals surface area contributed by atoms with Crippen LogP contribution < -0.4 is 10.0 Å². The van der Waals surface area contributed by atoms with Crippen LogP contribution in [0.5, 0.6) is 0 Å². The first-order valence-electron chi connectivity index (χ1n) is 10.8. The molecular formula is C27H17ClN2O5S. The molecule has 0 fully saturated rings. The van der Waals surface area contributed by atoms with E-state index in [0.717, 1.165) is 0 Å². The average Bonchev–Trinajstić information content (AvgIpc) is 2.87. The van der Waals surface area contributed by atoms with Gasteiger partial charge in [-0.2, -0.15) is 0 Å². The van der Waals surface area contributed by atoms with Crippen molar-refractivity contribution in [3.05, 3.63) is 124 Å². The highest BCUT2D eigenvalue weighted by Crippen LogP contribution is 2.32. The predicted molar refractivity (Wildman–Crippen MR) is 136 cm³/mol. The molecule has 0 aliphatic heterocycles. The zero-order chi connectivity index (χ0) is 25.4. The minimum absolute atomic E-state index is 0.0259. The monoisotopic (exact) mass is 516 g/mol. The van der Waals surface area contributed by atoms with Gasteiger partial charge in [-0.15, -0.1) is 0 Å². The van der Waals surface area contributed by atoms with E-state index in [-0.39, 0.29) is 50.1 Å². The fraction of sp³-hybridized carbons (Fsp3) is 0. The topological polar surface area (TPSA) is 109 Å². The number of hydrogen-bond acceptors (Lipinski definition) is 5. The molecule has 0 aromatic heterocycles. The highest BCUT2D eigenvalue weighted by molar-refractivity contribution is 7.92. The number of carbonyl (C=O) groups excluding carboxylic acids is 3. The normalized spacial score (nSPS) is 12.5. The SMILES string of the molecule is O=C(Nc1cccc2c1C(=O)c1ccccc1C2=O)c1ccccc1NS(=O)(=O)c1ccc(Cl)cc1. The van der Waals surface area contributed by atoms with Crippen LogP contribution in [0.15, 0.2) is 95.9 Å². The van der Waals surface area contributed by atoms with E-state index in [2.05, 4.69) is 10.0 Å². The van der Waals surface area contributed by atoms with Crippen LogP contribution in [0.1, 0.15) is 42.2 Å². The Balaban J connectivity index is 1.48. The molecule has 0 saturated heterocycles. The summed E-state index contributed by atoms with van der Waals surface area (Å²) in [5.74, 6) is -1.35. The molecule has 4 aromatic carbocycles. The van der Waals surface area contributed by atoms with E-state index in [0.29, 0.717) is 10.6 Å². The van der Waals surface area contributed by atoms with E-state index in [1.54, 1.807) is 42.5 Å². The number of nitrogens with one attached hydrogen (secondary N) is 2. The number of fused-ring (bicyclic) bond motifs is 2. The Bertz CT molecular complexity index is 1660. The molecule has 0 radical (unpaired) electrons. The number of para-hydroxylation sites is 1. The third kappa shape index (κ3) is 4.17. The predicted octanol–water partition coefficient (Wildman–Crippen LogP) is 5.17. The first kappa shape index (κ1) is 23.5. The van der Waals surface area contributed by atoms with Crippen LogP contribution in [0.25, 0.3) is 0 Å². The van der Waals surface area contributed by atoms with Gasteiger partial charge < -0.3 is 5.32 Å². The molecule has 0 saturated carbocycles. The Kier molecular flexibility index (Phi) is 5.91. The Labute approximate surface area is 211 Å². The summed E-state index contributed by atoms with van der Waals surface area (Å²) in [5, 5.41) is 3.06. The molecule has 36 heavy (non-hydrogen) atoms. The molecule has 1 aliphatic carbocycles. The van der Waals surface area contributed by atoms with Crippen molar-refractivity contribution in [1.82, 2.24) is 0 Å². The summed E-state index contributed by atoms with van der Waals surface area (Å²) >= 11 is 5.85. The third-order valence-electron chi connectivity index (χ3n) is 5.74. The van der Waals surface area contributed by atoms with Crippen molar-refractivity contribution < 1.29 is 22.8 Å². The van der Waals surface area contributed by atoms with E-state index >= 15 is 0 Å². The van der Waals surface area contributed by atoms with Gasteiger partial charge in [-0.25, -0.2) is 8.42 Å². The molecule has 2 N–H and O–H groups in total. The van der Waals surface area contributed by atoms with Crippen molar-refractivity contribution in [1.29, 1.82) is 0 Å². The van der Waals surface area contributed by atoms with Crippen LogP contribution in [0.2, 0.25) is 5.02 Å². The molecule has 0 unspecified atom stereocenters. The summed E-state index contributed by atoms with van der Waals surface area (Å²) in [5.41, 5.74) is 1.07. The molecule has 0 bridgehead atoms. The van der Waals surface area contributed by atoms with Crippen LogP contribution in [0.3, 0.4) is 0 Å². The lowest BCUT2D eigenvalue weighted by atomic mass is 9.83. The van der Waals surface area contributed by atoms with Crippen LogP contribution in [0, 0.1) is 0 Å². The summed E-state index contributed by atoms with van der Waals surface area (Å²) < 4.78 is 28.2. The van der Waals surface area contributed by atoms with Crippen molar-refractivity contribution in [3.63, 3.8) is 0 Å². The molecule has 178 valence electrons. The lowest BCUT2D eigenvalue weighted by molar-refractivity contribution is 0.0978. The lowest BCUT2D eigenvalue weighted by Gasteiger charge is -2.20. The Hall–Kier alpha value is -4.27. The molecule has 0 heterocycles. The molecule has 0 atom stereocenters. The van der Waals surface area contributed by atoms with Crippen LogP contribution in [0.4, 0.5) is 11.4 Å². The summed E-state index contributed by atoms with van der Waals surface area (Å²) in [6.07, 6.45) is 0. The molecule has 0 spiro atoms. The fourth-order valence-corrected chi connectivity index (χ4v) is 5.23. The number of benzene rings is 4. The van der Waals surface area contributed by atoms with Crippen LogP contribution in [-0.4, -0.2) is 25.9 Å². The minimum atomic E-state index is -4.01. The van der Waals surface area contributed by atoms with Gasteiger partial charge >= 0.3 is 0 Å². The number of hydrogen-bond donors (Lipinski definition) is 2. The molecule has 1 amide bonds. The van der Waals surface area contributed by atoms with E-state index in [1.807, 2.05) is 0 Å². The van der Waals surface area contributed by atoms with Crippen molar-refractivity contribution in [2.24, 2.45) is 0 Å². The second-order valence-electron chi connectivity index (χ2n) is 7.99. The van der Waals surface area contributed by atoms with Gasteiger partial charge in [0.1, 0.15) is 0 Å². The fourth-order valence-electron chi connectivity index (χ4n) is 4.03. The highest BCUT2D eigenvalue weighted by atomic mass is 35.5. The van der Waals surface area contributed by atoms with Gasteiger partial charge in [0.25, 0.3) is 15.9 Å². The van der Waals surface area contributed by atoms with E-state index in [9.17, 15) is 22.8 Å². The van der Waals surface area contributed by atoms with E-state index in [4.69, 9.17) is 11.6 Å². The first-order valence-corrected chi connectivity index (χ1v) is 12.6. The number of halogens is 1. The lowest BCUT2D eigenvalue weighted by Crippen LogP contribution is -2.24. The molecule has 9 heteroatoms. The Morgan fingerprint density at radius 2 is 1.25 bits per heavy atom. The van der Waals surface area contributed by atoms with Gasteiger partial charge in [0.15, 0.2) is 11.6 Å². The maximum Gasteiger partial charge on any atom is 0.261 e. The number of amides is 1. The maximum atomic E-state index is 13.3. The molecule has 1 aliphatic rings. The van der Waals surface area contributed by atoms with E-state index < -0.39 is 15.9 Å². The van der Waals surface area contributed by atoms with Crippen molar-refractivity contribution in [2.75, 3.05) is 10.0 Å². The highest BCUT2D eigenvalue weighted by Gasteiger charge is 2.32. The number of anilines is 2. The van der Waals surface area contributed by atoms with Crippen molar-refractivity contribution >= 4 is 50.5 Å². The third-order valence-corrected chi connectivity index (χ3v) is 7.37. The number of ketones is 2. The molecule has 4 aromatic rings. The zero-order valence-electron chi connectivity index (χ0n) is 18.5. The van der Waals surface area contributed by atoms with E-state index in [1.165, 1.54) is 48.5 Å².